The summed E-state index contributed by atoms with van der Waals surface area (Å²) in [6, 6.07) is 4.73. The number of rotatable bonds is 5. The van der Waals surface area contributed by atoms with Crippen molar-refractivity contribution < 1.29 is 4.79 Å². The monoisotopic (exact) mass is 278 g/mol. The van der Waals surface area contributed by atoms with E-state index in [1.807, 2.05) is 0 Å². The van der Waals surface area contributed by atoms with Crippen molar-refractivity contribution in [2.24, 2.45) is 5.92 Å². The van der Waals surface area contributed by atoms with Crippen LogP contribution in [-0.2, 0) is 11.3 Å². The zero-order valence-corrected chi connectivity index (χ0v) is 12.1. The number of thiophene rings is 1. The van der Waals surface area contributed by atoms with Gasteiger partial charge in [-0.3, -0.25) is 4.79 Å². The quantitative estimate of drug-likeness (QED) is 0.898. The number of hydrogen-bond donors (Lipinski definition) is 1. The van der Waals surface area contributed by atoms with E-state index in [0.29, 0.717) is 17.9 Å². The number of nitrogens with zero attached hydrogens (tertiary/aromatic N) is 1. The number of piperidine rings is 1. The summed E-state index contributed by atoms with van der Waals surface area (Å²) in [5, 5.41) is 5.46. The molecule has 3 nitrogen and oxygen atoms in total. The molecular weight excluding hydrogens is 256 g/mol. The van der Waals surface area contributed by atoms with Crippen LogP contribution in [-0.4, -0.2) is 29.9 Å². The fraction of sp³-hybridized carbons (Fsp3) is 0.667. The van der Waals surface area contributed by atoms with Crippen LogP contribution >= 0.6 is 11.3 Å². The molecule has 0 aromatic carbocycles. The Morgan fingerprint density at radius 2 is 2.11 bits per heavy atom. The predicted molar refractivity (Wildman–Crippen MR) is 78.1 cm³/mol. The maximum absolute atomic E-state index is 12.5. The molecule has 2 heterocycles. The highest BCUT2D eigenvalue weighted by molar-refractivity contribution is 7.09. The molecule has 0 spiro atoms. The summed E-state index contributed by atoms with van der Waals surface area (Å²) < 4.78 is 0. The van der Waals surface area contributed by atoms with E-state index < -0.39 is 0 Å². The summed E-state index contributed by atoms with van der Waals surface area (Å²) in [4.78, 5) is 16.0. The van der Waals surface area contributed by atoms with Crippen molar-refractivity contribution >= 4 is 17.2 Å². The molecule has 1 saturated carbocycles. The molecule has 0 bridgehead atoms. The van der Waals surface area contributed by atoms with Gasteiger partial charge >= 0.3 is 0 Å². The first-order valence-electron chi connectivity index (χ1n) is 7.35. The number of carbonyl (C=O) groups is 1. The Bertz CT molecular complexity index is 408. The van der Waals surface area contributed by atoms with Gasteiger partial charge in [0.05, 0.1) is 6.54 Å². The van der Waals surface area contributed by atoms with Gasteiger partial charge in [0, 0.05) is 17.3 Å². The molecule has 1 aliphatic heterocycles. The van der Waals surface area contributed by atoms with E-state index in [1.165, 1.54) is 17.7 Å². The molecule has 104 valence electrons. The van der Waals surface area contributed by atoms with Gasteiger partial charge in [0.15, 0.2) is 0 Å². The number of nitrogens with one attached hydrogen (secondary N) is 1. The SMILES string of the molecule is O=C(CC1CCNCC1)N(Cc1cccs1)C1CC1. The minimum Gasteiger partial charge on any atom is -0.335 e. The predicted octanol–water partition coefficient (Wildman–Crippen LogP) is 2.63. The highest BCUT2D eigenvalue weighted by Crippen LogP contribution is 2.31. The Kier molecular flexibility index (Phi) is 4.18. The minimum atomic E-state index is 0.378. The molecule has 1 aliphatic carbocycles. The minimum absolute atomic E-state index is 0.378. The Morgan fingerprint density at radius 1 is 1.32 bits per heavy atom. The van der Waals surface area contributed by atoms with Crippen molar-refractivity contribution in [3.05, 3.63) is 22.4 Å². The molecule has 0 atom stereocenters. The zero-order valence-electron chi connectivity index (χ0n) is 11.3. The lowest BCUT2D eigenvalue weighted by atomic mass is 9.94. The number of hydrogen-bond acceptors (Lipinski definition) is 3. The van der Waals surface area contributed by atoms with Gasteiger partial charge in [-0.05, 0) is 56.1 Å². The second kappa shape index (κ2) is 6.06. The van der Waals surface area contributed by atoms with Crippen molar-refractivity contribution in [2.75, 3.05) is 13.1 Å². The van der Waals surface area contributed by atoms with Gasteiger partial charge in [-0.15, -0.1) is 11.3 Å². The molecule has 1 amide bonds. The molecule has 19 heavy (non-hydrogen) atoms. The third-order valence-electron chi connectivity index (χ3n) is 4.14. The van der Waals surface area contributed by atoms with Crippen LogP contribution in [0.1, 0.15) is 37.0 Å². The Labute approximate surface area is 119 Å². The van der Waals surface area contributed by atoms with Crippen LogP contribution in [0.4, 0.5) is 0 Å². The van der Waals surface area contributed by atoms with Gasteiger partial charge < -0.3 is 10.2 Å². The summed E-state index contributed by atoms with van der Waals surface area (Å²) in [5.41, 5.74) is 0. The van der Waals surface area contributed by atoms with Gasteiger partial charge in [0.2, 0.25) is 5.91 Å². The van der Waals surface area contributed by atoms with E-state index in [2.05, 4.69) is 27.7 Å². The second-order valence-electron chi connectivity index (χ2n) is 5.73. The molecule has 1 aromatic heterocycles. The first-order valence-corrected chi connectivity index (χ1v) is 8.23. The fourth-order valence-corrected chi connectivity index (χ4v) is 3.53. The standard InChI is InChI=1S/C15H22N2OS/c18-15(10-12-5-7-16-8-6-12)17(13-3-4-13)11-14-2-1-9-19-14/h1-2,9,12-13,16H,3-8,10-11H2. The molecule has 2 fully saturated rings. The molecule has 4 heteroatoms. The summed E-state index contributed by atoms with van der Waals surface area (Å²) in [6.45, 7) is 2.98. The Hall–Kier alpha value is -0.870. The zero-order chi connectivity index (χ0) is 13.1. The smallest absolute Gasteiger partial charge is 0.223 e. The first-order chi connectivity index (χ1) is 9.33. The molecule has 1 aromatic rings. The molecule has 1 N–H and O–H groups in total. The highest BCUT2D eigenvalue weighted by atomic mass is 32.1. The van der Waals surface area contributed by atoms with E-state index in [1.54, 1.807) is 11.3 Å². The van der Waals surface area contributed by atoms with E-state index >= 15 is 0 Å². The summed E-state index contributed by atoms with van der Waals surface area (Å²) >= 11 is 1.76. The van der Waals surface area contributed by atoms with Crippen LogP contribution in [0.5, 0.6) is 0 Å². The Balaban J connectivity index is 1.57. The van der Waals surface area contributed by atoms with Gasteiger partial charge in [0.1, 0.15) is 0 Å². The lowest BCUT2D eigenvalue weighted by molar-refractivity contribution is -0.133. The van der Waals surface area contributed by atoms with E-state index in [4.69, 9.17) is 0 Å². The largest absolute Gasteiger partial charge is 0.335 e. The van der Waals surface area contributed by atoms with Crippen molar-refractivity contribution in [3.63, 3.8) is 0 Å². The Morgan fingerprint density at radius 3 is 2.74 bits per heavy atom. The van der Waals surface area contributed by atoms with Crippen LogP contribution in [0.3, 0.4) is 0 Å². The van der Waals surface area contributed by atoms with Crippen LogP contribution in [0.25, 0.3) is 0 Å². The number of carbonyl (C=O) groups excluding carboxylic acids is 1. The average molecular weight is 278 g/mol. The average Bonchev–Trinajstić information content (AvgIpc) is 3.14. The summed E-state index contributed by atoms with van der Waals surface area (Å²) in [6.07, 6.45) is 5.46. The normalized spacial score (nSPS) is 20.4. The van der Waals surface area contributed by atoms with Crippen LogP contribution in [0, 0.1) is 5.92 Å². The third-order valence-corrected chi connectivity index (χ3v) is 5.00. The molecule has 3 rings (SSSR count). The maximum Gasteiger partial charge on any atom is 0.223 e. The maximum atomic E-state index is 12.5. The molecular formula is C15H22N2OS. The van der Waals surface area contributed by atoms with Crippen molar-refractivity contribution in [3.8, 4) is 0 Å². The van der Waals surface area contributed by atoms with Gasteiger partial charge in [-0.2, -0.15) is 0 Å². The van der Waals surface area contributed by atoms with Crippen molar-refractivity contribution in [1.29, 1.82) is 0 Å². The van der Waals surface area contributed by atoms with Gasteiger partial charge in [-0.25, -0.2) is 0 Å². The van der Waals surface area contributed by atoms with Gasteiger partial charge in [-0.1, -0.05) is 6.07 Å². The molecule has 0 radical (unpaired) electrons. The lowest BCUT2D eigenvalue weighted by Gasteiger charge is -2.27. The lowest BCUT2D eigenvalue weighted by Crippen LogP contribution is -2.36. The topological polar surface area (TPSA) is 32.3 Å². The van der Waals surface area contributed by atoms with Crippen molar-refractivity contribution in [1.82, 2.24) is 10.2 Å². The number of amides is 1. The first kappa shape index (κ1) is 13.1. The van der Waals surface area contributed by atoms with E-state index in [0.717, 1.165) is 38.9 Å². The van der Waals surface area contributed by atoms with Crippen LogP contribution < -0.4 is 5.32 Å². The summed E-state index contributed by atoms with van der Waals surface area (Å²) in [5.74, 6) is 0.973. The van der Waals surface area contributed by atoms with Gasteiger partial charge in [0.25, 0.3) is 0 Å². The van der Waals surface area contributed by atoms with Crippen LogP contribution in [0.2, 0.25) is 0 Å². The molecule has 0 unspecified atom stereocenters. The summed E-state index contributed by atoms with van der Waals surface area (Å²) in [7, 11) is 0. The fourth-order valence-electron chi connectivity index (χ4n) is 2.83. The second-order valence-corrected chi connectivity index (χ2v) is 6.76. The highest BCUT2D eigenvalue weighted by Gasteiger charge is 2.33. The van der Waals surface area contributed by atoms with E-state index in [-0.39, 0.29) is 0 Å². The van der Waals surface area contributed by atoms with Crippen LogP contribution in [0.15, 0.2) is 17.5 Å². The molecule has 1 saturated heterocycles. The third kappa shape index (κ3) is 3.57. The molecule has 2 aliphatic rings. The van der Waals surface area contributed by atoms with E-state index in [9.17, 15) is 4.79 Å². The van der Waals surface area contributed by atoms with Crippen molar-refractivity contribution in [2.45, 2.75) is 44.7 Å².